The number of likely N-dealkylation sites (N-methyl/N-ethyl adjacent to an activating group) is 1. The third-order valence-electron chi connectivity index (χ3n) is 7.68. The fourth-order valence-corrected chi connectivity index (χ4v) is 5.33. The molecule has 1 saturated carbocycles. The molecule has 18 nitrogen and oxygen atoms in total. The van der Waals surface area contributed by atoms with Gasteiger partial charge in [0.1, 0.15) is 36.6 Å². The van der Waals surface area contributed by atoms with E-state index in [1.807, 2.05) is 0 Å². The van der Waals surface area contributed by atoms with Gasteiger partial charge < -0.3 is 88.3 Å². The van der Waals surface area contributed by atoms with Gasteiger partial charge >= 0.3 is 0 Å². The molecule has 0 aromatic rings. The lowest BCUT2D eigenvalue weighted by atomic mass is 9.84. The summed E-state index contributed by atoms with van der Waals surface area (Å²) in [6, 6.07) is -3.88. The molecule has 18 heteroatoms. The normalized spacial score (nSPS) is 42.5. The quantitative estimate of drug-likeness (QED) is 0.0564. The third kappa shape index (κ3) is 7.99. The summed E-state index contributed by atoms with van der Waals surface area (Å²) in [4.78, 5) is 3.92. The van der Waals surface area contributed by atoms with Crippen LogP contribution in [0.2, 0.25) is 0 Å². The maximum Gasteiger partial charge on any atom is 0.189 e. The fraction of sp³-hybridized carbons (Fsp3) is 0.957. The predicted octanol–water partition coefficient (Wildman–Crippen LogP) is -7.00. The molecule has 2 saturated heterocycles. The molecule has 2 heterocycles. The van der Waals surface area contributed by atoms with Crippen LogP contribution >= 0.6 is 0 Å². The molecule has 0 aromatic carbocycles. The van der Waals surface area contributed by atoms with E-state index in [-0.39, 0.29) is 18.8 Å². The molecular weight excluding hydrogens is 550 g/mol. The van der Waals surface area contributed by atoms with Gasteiger partial charge in [0.15, 0.2) is 24.8 Å². The highest BCUT2D eigenvalue weighted by atomic mass is 16.8. The molecule has 2 aliphatic heterocycles. The first kappa shape index (κ1) is 34.2. The summed E-state index contributed by atoms with van der Waals surface area (Å²) in [5.41, 5.74) is 29.1. The summed E-state index contributed by atoms with van der Waals surface area (Å²) in [5.74, 6) is -0.240. The molecule has 3 fully saturated rings. The van der Waals surface area contributed by atoms with Crippen LogP contribution in [0.15, 0.2) is 4.99 Å². The number of aliphatic hydroxyl groups is 6. The first-order valence-electron chi connectivity index (χ1n) is 13.6. The van der Waals surface area contributed by atoms with E-state index in [1.54, 1.807) is 6.92 Å². The first-order chi connectivity index (χ1) is 19.3. The molecule has 0 amide bonds. The van der Waals surface area contributed by atoms with Gasteiger partial charge in [-0.15, -0.1) is 0 Å². The zero-order valence-electron chi connectivity index (χ0n) is 23.1. The SMILES string of the molecule is CNC1C(OC(OC(CO)[C@H](C)N=C(N)N)[C@@H](O)CO)O[C@H]2C[C@H](N)C(OC3C(N)CC(N)C(O)C3O)OC2C1O. The van der Waals surface area contributed by atoms with Crippen molar-refractivity contribution < 1.29 is 54.3 Å². The fourth-order valence-electron chi connectivity index (χ4n) is 5.33. The Morgan fingerprint density at radius 3 is 2.22 bits per heavy atom. The van der Waals surface area contributed by atoms with Crippen molar-refractivity contribution >= 4 is 5.96 Å². The van der Waals surface area contributed by atoms with Crippen LogP contribution in [0.25, 0.3) is 0 Å². The standard InChI is InChI=1S/C23H47N7O11/c1-7(30-23(27)28)13(6-32)38-21(11(33)5-31)41-22-14(29-2)16(35)19-12(37-22)4-10(26)20(40-19)39-18-9(25)3-8(24)15(34)17(18)36/h7-22,29,31-36H,3-6,24-26H2,1-2H3,(H4,27,28,30)/t7-,8?,9?,10-,11-,12-,13?,14?,15?,16?,17?,18?,19?,20?,21?,22?/m0/s1. The number of rotatable bonds is 12. The summed E-state index contributed by atoms with van der Waals surface area (Å²) < 4.78 is 29.6. The average molecular weight is 598 g/mol. The van der Waals surface area contributed by atoms with Crippen molar-refractivity contribution in [2.45, 2.75) is 118 Å². The highest BCUT2D eigenvalue weighted by molar-refractivity contribution is 5.75. The van der Waals surface area contributed by atoms with Crippen LogP contribution in [0.3, 0.4) is 0 Å². The number of aliphatic hydroxyl groups excluding tert-OH is 6. The maximum absolute atomic E-state index is 11.2. The average Bonchev–Trinajstić information content (AvgIpc) is 2.91. The molecule has 3 aliphatic rings. The van der Waals surface area contributed by atoms with E-state index in [1.165, 1.54) is 7.05 Å². The lowest BCUT2D eigenvalue weighted by Crippen LogP contribution is -2.69. The number of ether oxygens (including phenoxy) is 5. The van der Waals surface area contributed by atoms with E-state index in [2.05, 4.69) is 10.3 Å². The zero-order chi connectivity index (χ0) is 30.6. The minimum atomic E-state index is -1.57. The highest BCUT2D eigenvalue weighted by Gasteiger charge is 2.53. The summed E-state index contributed by atoms with van der Waals surface area (Å²) in [6.07, 6.45) is -12.8. The number of hydrogen-bond donors (Lipinski definition) is 12. The number of guanidine groups is 1. The molecule has 3 rings (SSSR count). The summed E-state index contributed by atoms with van der Waals surface area (Å²) in [6.45, 7) is 0.266. The second-order valence-electron chi connectivity index (χ2n) is 10.8. The summed E-state index contributed by atoms with van der Waals surface area (Å²) in [7, 11) is 1.54. The van der Waals surface area contributed by atoms with E-state index in [4.69, 9.17) is 52.4 Å². The Labute approximate surface area is 237 Å². The van der Waals surface area contributed by atoms with Crippen LogP contribution in [-0.2, 0) is 23.7 Å². The summed E-state index contributed by atoms with van der Waals surface area (Å²) >= 11 is 0. The Balaban J connectivity index is 1.72. The van der Waals surface area contributed by atoms with Gasteiger partial charge in [0.05, 0.1) is 43.5 Å². The van der Waals surface area contributed by atoms with Gasteiger partial charge in [-0.05, 0) is 26.8 Å². The van der Waals surface area contributed by atoms with Gasteiger partial charge in [0, 0.05) is 12.1 Å². The summed E-state index contributed by atoms with van der Waals surface area (Å²) in [5, 5.41) is 64.6. The van der Waals surface area contributed by atoms with Gasteiger partial charge in [-0.25, -0.2) is 4.99 Å². The minimum absolute atomic E-state index is 0.123. The lowest BCUT2D eigenvalue weighted by molar-refractivity contribution is -0.363. The number of nitrogens with one attached hydrogen (secondary N) is 1. The number of hydrogen-bond acceptors (Lipinski definition) is 16. The molecule has 0 spiro atoms. The van der Waals surface area contributed by atoms with E-state index >= 15 is 0 Å². The minimum Gasteiger partial charge on any atom is -0.394 e. The molecule has 0 radical (unpaired) electrons. The Morgan fingerprint density at radius 1 is 0.951 bits per heavy atom. The molecular formula is C23H47N7O11. The second-order valence-corrected chi connectivity index (χ2v) is 10.8. The lowest BCUT2D eigenvalue weighted by Gasteiger charge is -2.51. The van der Waals surface area contributed by atoms with E-state index in [0.717, 1.165) is 0 Å². The van der Waals surface area contributed by atoms with E-state index in [0.29, 0.717) is 0 Å². The van der Waals surface area contributed by atoms with Crippen LogP contribution in [0.5, 0.6) is 0 Å². The molecule has 0 bridgehead atoms. The van der Waals surface area contributed by atoms with Crippen molar-refractivity contribution in [2.24, 2.45) is 33.7 Å². The molecule has 1 aliphatic carbocycles. The largest absolute Gasteiger partial charge is 0.394 e. The molecule has 16 atom stereocenters. The van der Waals surface area contributed by atoms with Crippen LogP contribution in [-0.4, -0.2) is 155 Å². The van der Waals surface area contributed by atoms with Crippen molar-refractivity contribution in [2.75, 3.05) is 20.3 Å². The molecule has 12 unspecified atom stereocenters. The van der Waals surface area contributed by atoms with Crippen LogP contribution in [0.4, 0.5) is 0 Å². The van der Waals surface area contributed by atoms with Gasteiger partial charge in [0.25, 0.3) is 0 Å². The van der Waals surface area contributed by atoms with Crippen molar-refractivity contribution in [1.29, 1.82) is 0 Å². The topological polar surface area (TPSA) is 322 Å². The molecule has 41 heavy (non-hydrogen) atoms. The maximum atomic E-state index is 11.2. The zero-order valence-corrected chi connectivity index (χ0v) is 23.1. The highest BCUT2D eigenvalue weighted by Crippen LogP contribution is 2.35. The Kier molecular flexibility index (Phi) is 12.4. The van der Waals surface area contributed by atoms with Crippen LogP contribution in [0.1, 0.15) is 19.8 Å². The van der Waals surface area contributed by atoms with Gasteiger partial charge in [-0.1, -0.05) is 0 Å². The van der Waals surface area contributed by atoms with E-state index < -0.39 is 111 Å². The van der Waals surface area contributed by atoms with Gasteiger partial charge in [0.2, 0.25) is 0 Å². The molecule has 0 aromatic heterocycles. The predicted molar refractivity (Wildman–Crippen MR) is 141 cm³/mol. The van der Waals surface area contributed by atoms with E-state index in [9.17, 15) is 30.6 Å². The van der Waals surface area contributed by atoms with Gasteiger partial charge in [-0.3, -0.25) is 0 Å². The molecule has 240 valence electrons. The first-order valence-corrected chi connectivity index (χ1v) is 13.6. The van der Waals surface area contributed by atoms with Crippen molar-refractivity contribution in [3.63, 3.8) is 0 Å². The number of fused-ring (bicyclic) bond motifs is 1. The van der Waals surface area contributed by atoms with Crippen molar-refractivity contribution in [3.8, 4) is 0 Å². The van der Waals surface area contributed by atoms with Crippen molar-refractivity contribution in [3.05, 3.63) is 0 Å². The number of aliphatic imine (C=N–C) groups is 1. The number of nitrogens with zero attached hydrogens (tertiary/aromatic N) is 1. The Bertz CT molecular complexity index is 844. The second kappa shape index (κ2) is 14.9. The Morgan fingerprint density at radius 2 is 1.63 bits per heavy atom. The van der Waals surface area contributed by atoms with Crippen molar-refractivity contribution in [1.82, 2.24) is 5.32 Å². The molecule has 17 N–H and O–H groups in total. The third-order valence-corrected chi connectivity index (χ3v) is 7.68. The number of nitrogens with two attached hydrogens (primary N) is 5. The monoisotopic (exact) mass is 597 g/mol. The van der Waals surface area contributed by atoms with Crippen LogP contribution in [0, 0.1) is 0 Å². The van der Waals surface area contributed by atoms with Crippen LogP contribution < -0.4 is 34.0 Å². The Hall–Kier alpha value is -1.33. The smallest absolute Gasteiger partial charge is 0.189 e. The van der Waals surface area contributed by atoms with Gasteiger partial charge in [-0.2, -0.15) is 0 Å².